The maximum absolute atomic E-state index is 5.92. The van der Waals surface area contributed by atoms with Gasteiger partial charge in [0, 0.05) is 5.41 Å². The van der Waals surface area contributed by atoms with Crippen molar-refractivity contribution in [3.05, 3.63) is 35.4 Å². The SMILES string of the molecule is C[C@@H]1OC[C@]2(C)Cc3ccccc3[C@@H]2O1. The zero-order chi connectivity index (χ0) is 10.5. The first-order chi connectivity index (χ1) is 7.19. The quantitative estimate of drug-likeness (QED) is 0.647. The Morgan fingerprint density at radius 2 is 2.13 bits per heavy atom. The highest BCUT2D eigenvalue weighted by atomic mass is 16.7. The van der Waals surface area contributed by atoms with E-state index in [9.17, 15) is 0 Å². The van der Waals surface area contributed by atoms with Gasteiger partial charge in [0.15, 0.2) is 6.29 Å². The van der Waals surface area contributed by atoms with Crippen LogP contribution in [0.1, 0.15) is 31.1 Å². The van der Waals surface area contributed by atoms with Crippen molar-refractivity contribution in [3.63, 3.8) is 0 Å². The number of benzene rings is 1. The van der Waals surface area contributed by atoms with Crippen LogP contribution < -0.4 is 0 Å². The van der Waals surface area contributed by atoms with Crippen LogP contribution in [0, 0.1) is 5.41 Å². The minimum absolute atomic E-state index is 0.0748. The number of hydrogen-bond donors (Lipinski definition) is 0. The fraction of sp³-hybridized carbons (Fsp3) is 0.538. The summed E-state index contributed by atoms with van der Waals surface area (Å²) in [4.78, 5) is 0. The first-order valence-electron chi connectivity index (χ1n) is 5.54. The highest BCUT2D eigenvalue weighted by Crippen LogP contribution is 2.50. The lowest BCUT2D eigenvalue weighted by molar-refractivity contribution is -0.253. The van der Waals surface area contributed by atoms with Gasteiger partial charge in [-0.2, -0.15) is 0 Å². The second kappa shape index (κ2) is 3.06. The molecule has 1 saturated heterocycles. The summed E-state index contributed by atoms with van der Waals surface area (Å²) < 4.78 is 11.5. The van der Waals surface area contributed by atoms with Gasteiger partial charge in [0.1, 0.15) is 0 Å². The Labute approximate surface area is 90.2 Å². The second-order valence-electron chi connectivity index (χ2n) is 4.92. The van der Waals surface area contributed by atoms with Crippen LogP contribution >= 0.6 is 0 Å². The Morgan fingerprint density at radius 1 is 1.33 bits per heavy atom. The average molecular weight is 204 g/mol. The van der Waals surface area contributed by atoms with Crippen molar-refractivity contribution >= 4 is 0 Å². The van der Waals surface area contributed by atoms with Gasteiger partial charge >= 0.3 is 0 Å². The van der Waals surface area contributed by atoms with E-state index in [-0.39, 0.29) is 17.8 Å². The molecule has 2 nitrogen and oxygen atoms in total. The molecule has 1 aliphatic carbocycles. The first-order valence-corrected chi connectivity index (χ1v) is 5.54. The minimum atomic E-state index is -0.0748. The summed E-state index contributed by atoms with van der Waals surface area (Å²) in [6, 6.07) is 8.58. The van der Waals surface area contributed by atoms with Gasteiger partial charge in [-0.05, 0) is 24.5 Å². The fourth-order valence-electron chi connectivity index (χ4n) is 2.76. The molecule has 1 aromatic carbocycles. The highest BCUT2D eigenvalue weighted by molar-refractivity contribution is 5.37. The van der Waals surface area contributed by atoms with Crippen molar-refractivity contribution in [3.8, 4) is 0 Å². The van der Waals surface area contributed by atoms with Gasteiger partial charge in [-0.15, -0.1) is 0 Å². The van der Waals surface area contributed by atoms with Crippen molar-refractivity contribution in [2.75, 3.05) is 6.61 Å². The molecule has 2 aliphatic rings. The molecule has 0 amide bonds. The third kappa shape index (κ3) is 1.32. The average Bonchev–Trinajstić information content (AvgIpc) is 2.51. The largest absolute Gasteiger partial charge is 0.352 e. The summed E-state index contributed by atoms with van der Waals surface area (Å²) >= 11 is 0. The lowest BCUT2D eigenvalue weighted by Gasteiger charge is -2.39. The molecule has 3 rings (SSSR count). The van der Waals surface area contributed by atoms with Crippen molar-refractivity contribution in [1.82, 2.24) is 0 Å². The minimum Gasteiger partial charge on any atom is -0.352 e. The Bertz CT molecular complexity index is 388. The molecule has 0 N–H and O–H groups in total. The topological polar surface area (TPSA) is 18.5 Å². The van der Waals surface area contributed by atoms with Gasteiger partial charge in [0.05, 0.1) is 12.7 Å². The summed E-state index contributed by atoms with van der Waals surface area (Å²) in [6.45, 7) is 5.03. The van der Waals surface area contributed by atoms with E-state index < -0.39 is 0 Å². The van der Waals surface area contributed by atoms with E-state index in [1.807, 2.05) is 6.92 Å². The lowest BCUT2D eigenvalue weighted by Crippen LogP contribution is -2.39. The Balaban J connectivity index is 2.03. The molecule has 0 radical (unpaired) electrons. The molecule has 0 unspecified atom stereocenters. The van der Waals surface area contributed by atoms with Crippen LogP contribution in [-0.4, -0.2) is 12.9 Å². The smallest absolute Gasteiger partial charge is 0.155 e. The van der Waals surface area contributed by atoms with Gasteiger partial charge in [0.25, 0.3) is 0 Å². The normalized spacial score (nSPS) is 38.5. The van der Waals surface area contributed by atoms with Gasteiger partial charge in [-0.25, -0.2) is 0 Å². The molecular weight excluding hydrogens is 188 g/mol. The molecule has 1 heterocycles. The zero-order valence-corrected chi connectivity index (χ0v) is 9.19. The number of ether oxygens (including phenoxy) is 2. The molecule has 1 aromatic rings. The monoisotopic (exact) mass is 204 g/mol. The number of fused-ring (bicyclic) bond motifs is 3. The second-order valence-corrected chi connectivity index (χ2v) is 4.92. The van der Waals surface area contributed by atoms with Gasteiger partial charge < -0.3 is 9.47 Å². The van der Waals surface area contributed by atoms with E-state index in [0.717, 1.165) is 13.0 Å². The van der Waals surface area contributed by atoms with Gasteiger partial charge in [-0.1, -0.05) is 31.2 Å². The van der Waals surface area contributed by atoms with Gasteiger partial charge in [0.2, 0.25) is 0 Å². The van der Waals surface area contributed by atoms with Crippen molar-refractivity contribution in [2.24, 2.45) is 5.41 Å². The highest BCUT2D eigenvalue weighted by Gasteiger charge is 2.47. The van der Waals surface area contributed by atoms with E-state index in [2.05, 4.69) is 31.2 Å². The molecule has 0 spiro atoms. The molecule has 1 fully saturated rings. The Kier molecular flexibility index (Phi) is 1.91. The summed E-state index contributed by atoms with van der Waals surface area (Å²) in [6.07, 6.45) is 1.22. The number of rotatable bonds is 0. The predicted molar refractivity (Wildman–Crippen MR) is 57.5 cm³/mol. The molecule has 15 heavy (non-hydrogen) atoms. The first kappa shape index (κ1) is 9.37. The molecule has 0 bridgehead atoms. The molecule has 80 valence electrons. The zero-order valence-electron chi connectivity index (χ0n) is 9.19. The summed E-state index contributed by atoms with van der Waals surface area (Å²) in [7, 11) is 0. The fourth-order valence-corrected chi connectivity index (χ4v) is 2.76. The van der Waals surface area contributed by atoms with Gasteiger partial charge in [-0.3, -0.25) is 0 Å². The maximum atomic E-state index is 5.92. The lowest BCUT2D eigenvalue weighted by atomic mass is 9.85. The third-order valence-corrected chi connectivity index (χ3v) is 3.54. The summed E-state index contributed by atoms with van der Waals surface area (Å²) in [5, 5.41) is 0. The van der Waals surface area contributed by atoms with E-state index >= 15 is 0 Å². The molecule has 0 saturated carbocycles. The maximum Gasteiger partial charge on any atom is 0.155 e. The van der Waals surface area contributed by atoms with Crippen LogP contribution in [0.25, 0.3) is 0 Å². The van der Waals surface area contributed by atoms with E-state index in [1.165, 1.54) is 11.1 Å². The summed E-state index contributed by atoms with van der Waals surface area (Å²) in [5.41, 5.74) is 2.91. The van der Waals surface area contributed by atoms with E-state index in [4.69, 9.17) is 9.47 Å². The molecular formula is C13H16O2. The van der Waals surface area contributed by atoms with Crippen LogP contribution in [0.5, 0.6) is 0 Å². The summed E-state index contributed by atoms with van der Waals surface area (Å²) in [5.74, 6) is 0. The van der Waals surface area contributed by atoms with Crippen molar-refractivity contribution < 1.29 is 9.47 Å². The van der Waals surface area contributed by atoms with Crippen LogP contribution in [0.15, 0.2) is 24.3 Å². The van der Waals surface area contributed by atoms with Crippen LogP contribution in [-0.2, 0) is 15.9 Å². The third-order valence-electron chi connectivity index (χ3n) is 3.54. The molecule has 2 heteroatoms. The van der Waals surface area contributed by atoms with Crippen LogP contribution in [0.2, 0.25) is 0 Å². The van der Waals surface area contributed by atoms with Crippen molar-refractivity contribution in [2.45, 2.75) is 32.7 Å². The Morgan fingerprint density at radius 3 is 3.00 bits per heavy atom. The standard InChI is InChI=1S/C13H16O2/c1-9-14-8-13(2)7-10-5-3-4-6-11(10)12(13)15-9/h3-6,9,12H,7-8H2,1-2H3/t9-,12+,13+/m1/s1. The van der Waals surface area contributed by atoms with E-state index in [1.54, 1.807) is 0 Å². The number of hydrogen-bond acceptors (Lipinski definition) is 2. The molecule has 3 atom stereocenters. The molecule has 1 aliphatic heterocycles. The predicted octanol–water partition coefficient (Wildman–Crippen LogP) is 2.68. The van der Waals surface area contributed by atoms with Crippen LogP contribution in [0.4, 0.5) is 0 Å². The van der Waals surface area contributed by atoms with Crippen molar-refractivity contribution in [1.29, 1.82) is 0 Å². The van der Waals surface area contributed by atoms with Crippen LogP contribution in [0.3, 0.4) is 0 Å². The van der Waals surface area contributed by atoms with E-state index in [0.29, 0.717) is 0 Å². The Hall–Kier alpha value is -0.860. The molecule has 0 aromatic heterocycles.